The summed E-state index contributed by atoms with van der Waals surface area (Å²) in [4.78, 5) is 16.2. The van der Waals surface area contributed by atoms with Crippen LogP contribution in [0, 0.1) is 0 Å². The molecule has 0 N–H and O–H groups in total. The Kier molecular flexibility index (Phi) is 9.72. The molecular formula is C70H45N5. The van der Waals surface area contributed by atoms with Crippen molar-refractivity contribution in [3.8, 4) is 67.8 Å². The van der Waals surface area contributed by atoms with Crippen molar-refractivity contribution in [2.75, 3.05) is 0 Å². The molecule has 0 bridgehead atoms. The van der Waals surface area contributed by atoms with Crippen LogP contribution in [0.5, 0.6) is 0 Å². The van der Waals surface area contributed by atoms with Crippen LogP contribution in [0.2, 0.25) is 0 Å². The van der Waals surface area contributed by atoms with Crippen molar-refractivity contribution in [2.45, 2.75) is 5.41 Å². The smallest absolute Gasteiger partial charge is 0.238 e. The van der Waals surface area contributed by atoms with Gasteiger partial charge in [0.05, 0.1) is 33.2 Å². The van der Waals surface area contributed by atoms with E-state index >= 15 is 0 Å². The average Bonchev–Trinajstić information content (AvgIpc) is 4.18. The standard InChI is InChI=1S/C70H45N5/c1-7-21-46(22-8-1)50-35-38-63-56(41-50)57-42-51(47-23-9-2-10-24-47)36-39-64(57)75(63)69-72-67(49-27-13-4-14-28-49)71-68(73-69)52-37-40-62-58(43-52)59-44-53(48-25-11-3-12-26-48)45-61-66(59)74(62)65-34-20-19-33-60(65)70(61,54-29-15-5-16-30-54)55-31-17-6-18-32-55/h1-45H. The zero-order chi connectivity index (χ0) is 49.5. The van der Waals surface area contributed by atoms with Crippen molar-refractivity contribution in [3.63, 3.8) is 0 Å². The van der Waals surface area contributed by atoms with Crippen molar-refractivity contribution < 1.29 is 0 Å². The lowest BCUT2D eigenvalue weighted by molar-refractivity contribution is 0.728. The summed E-state index contributed by atoms with van der Waals surface area (Å²) in [5.41, 5.74) is 18.5. The number of rotatable bonds is 8. The molecular weight excluding hydrogens is 911 g/mol. The molecule has 1 aliphatic heterocycles. The summed E-state index contributed by atoms with van der Waals surface area (Å²) in [7, 11) is 0. The number of nitrogens with zero attached hydrogens (tertiary/aromatic N) is 5. The summed E-state index contributed by atoms with van der Waals surface area (Å²) in [6.45, 7) is 0. The molecule has 4 heterocycles. The fraction of sp³-hybridized carbons (Fsp3) is 0.0143. The molecule has 11 aromatic carbocycles. The Morgan fingerprint density at radius 1 is 0.267 bits per heavy atom. The number of hydrogen-bond acceptors (Lipinski definition) is 3. The van der Waals surface area contributed by atoms with E-state index < -0.39 is 5.41 Å². The fourth-order valence-electron chi connectivity index (χ4n) is 12.1. The minimum atomic E-state index is -0.630. The third-order valence-electron chi connectivity index (χ3n) is 15.4. The molecule has 5 heteroatoms. The van der Waals surface area contributed by atoms with Crippen LogP contribution in [0.15, 0.2) is 273 Å². The van der Waals surface area contributed by atoms with Gasteiger partial charge >= 0.3 is 0 Å². The second-order valence-electron chi connectivity index (χ2n) is 19.5. The zero-order valence-corrected chi connectivity index (χ0v) is 40.7. The maximum absolute atomic E-state index is 5.51. The van der Waals surface area contributed by atoms with Gasteiger partial charge in [-0.15, -0.1) is 0 Å². The summed E-state index contributed by atoms with van der Waals surface area (Å²) in [6.07, 6.45) is 0. The SMILES string of the molecule is c1ccc(-c2ccc3c(c2)c2cc(-c4ccccc4)ccc2n3-c2nc(-c3ccccc3)nc(-c3ccc4c(c3)c3cc(-c5ccccc5)cc5c3n4-c3ccccc3C5(c3ccccc3)c3ccccc3)n2)cc1. The molecule has 0 radical (unpaired) electrons. The zero-order valence-electron chi connectivity index (χ0n) is 40.7. The highest BCUT2D eigenvalue weighted by Gasteiger charge is 2.45. The summed E-state index contributed by atoms with van der Waals surface area (Å²) in [5.74, 6) is 1.75. The summed E-state index contributed by atoms with van der Waals surface area (Å²) < 4.78 is 4.72. The molecule has 1 aliphatic rings. The van der Waals surface area contributed by atoms with Gasteiger partial charge in [0, 0.05) is 32.7 Å². The Hall–Kier alpha value is -9.97. The number of hydrogen-bond donors (Lipinski definition) is 0. The van der Waals surface area contributed by atoms with Gasteiger partial charge in [0.1, 0.15) is 0 Å². The van der Waals surface area contributed by atoms with Crippen LogP contribution in [0.3, 0.4) is 0 Å². The number of aromatic nitrogens is 5. The normalized spacial score (nSPS) is 12.6. The van der Waals surface area contributed by atoms with Gasteiger partial charge < -0.3 is 4.57 Å². The highest BCUT2D eigenvalue weighted by atomic mass is 15.2. The Labute approximate surface area is 434 Å². The molecule has 0 unspecified atom stereocenters. The van der Waals surface area contributed by atoms with E-state index in [9.17, 15) is 0 Å². The summed E-state index contributed by atoms with van der Waals surface area (Å²) >= 11 is 0. The molecule has 75 heavy (non-hydrogen) atoms. The van der Waals surface area contributed by atoms with Crippen molar-refractivity contribution >= 4 is 43.6 Å². The van der Waals surface area contributed by atoms with E-state index in [0.29, 0.717) is 17.6 Å². The van der Waals surface area contributed by atoms with Crippen molar-refractivity contribution in [1.29, 1.82) is 0 Å². The largest absolute Gasteiger partial charge is 0.309 e. The molecule has 0 fully saturated rings. The monoisotopic (exact) mass is 955 g/mol. The van der Waals surface area contributed by atoms with E-state index in [1.54, 1.807) is 0 Å². The van der Waals surface area contributed by atoms with Crippen LogP contribution in [-0.2, 0) is 5.41 Å². The highest BCUT2D eigenvalue weighted by molar-refractivity contribution is 6.15. The molecule has 0 saturated carbocycles. The van der Waals surface area contributed by atoms with E-state index in [4.69, 9.17) is 15.0 Å². The number of benzene rings is 11. The highest BCUT2D eigenvalue weighted by Crippen LogP contribution is 2.55. The van der Waals surface area contributed by atoms with Gasteiger partial charge in [-0.1, -0.05) is 212 Å². The first-order valence-corrected chi connectivity index (χ1v) is 25.6. The minimum absolute atomic E-state index is 0.553. The molecule has 14 aromatic rings. The molecule has 350 valence electrons. The van der Waals surface area contributed by atoms with Crippen LogP contribution in [-0.4, -0.2) is 24.1 Å². The fourth-order valence-corrected chi connectivity index (χ4v) is 12.1. The van der Waals surface area contributed by atoms with Crippen LogP contribution < -0.4 is 0 Å². The Bertz CT molecular complexity index is 4350. The van der Waals surface area contributed by atoms with Crippen molar-refractivity contribution in [1.82, 2.24) is 24.1 Å². The van der Waals surface area contributed by atoms with Crippen LogP contribution in [0.1, 0.15) is 22.3 Å². The molecule has 0 amide bonds. The molecule has 0 saturated heterocycles. The van der Waals surface area contributed by atoms with E-state index in [-0.39, 0.29) is 0 Å². The molecule has 15 rings (SSSR count). The molecule has 0 aliphatic carbocycles. The lowest BCUT2D eigenvalue weighted by atomic mass is 9.63. The van der Waals surface area contributed by atoms with E-state index in [1.807, 2.05) is 18.2 Å². The topological polar surface area (TPSA) is 48.5 Å². The second kappa shape index (κ2) is 17.1. The third kappa shape index (κ3) is 6.68. The van der Waals surface area contributed by atoms with E-state index in [1.165, 1.54) is 27.8 Å². The Morgan fingerprint density at radius 3 is 1.21 bits per heavy atom. The Morgan fingerprint density at radius 2 is 0.667 bits per heavy atom. The van der Waals surface area contributed by atoms with Gasteiger partial charge in [0.25, 0.3) is 0 Å². The number of para-hydroxylation sites is 1. The van der Waals surface area contributed by atoms with Gasteiger partial charge in [-0.25, -0.2) is 4.98 Å². The first kappa shape index (κ1) is 42.7. The van der Waals surface area contributed by atoms with Crippen molar-refractivity contribution in [3.05, 3.63) is 295 Å². The maximum Gasteiger partial charge on any atom is 0.238 e. The van der Waals surface area contributed by atoms with E-state index in [0.717, 1.165) is 88.3 Å². The van der Waals surface area contributed by atoms with Gasteiger partial charge in [-0.2, -0.15) is 9.97 Å². The maximum atomic E-state index is 5.51. The first-order valence-electron chi connectivity index (χ1n) is 25.6. The number of fused-ring (bicyclic) bond motifs is 8. The molecule has 5 nitrogen and oxygen atoms in total. The molecule has 3 aromatic heterocycles. The Balaban J connectivity index is 1.01. The lowest BCUT2D eigenvalue weighted by Crippen LogP contribution is -2.35. The van der Waals surface area contributed by atoms with Crippen LogP contribution in [0.25, 0.3) is 111 Å². The quantitative estimate of drug-likeness (QED) is 0.152. The van der Waals surface area contributed by atoms with Gasteiger partial charge in [-0.3, -0.25) is 4.57 Å². The lowest BCUT2D eigenvalue weighted by Gasteiger charge is -2.42. The van der Waals surface area contributed by atoms with Crippen molar-refractivity contribution in [2.24, 2.45) is 0 Å². The van der Waals surface area contributed by atoms with Crippen LogP contribution >= 0.6 is 0 Å². The average molecular weight is 956 g/mol. The third-order valence-corrected chi connectivity index (χ3v) is 15.4. The van der Waals surface area contributed by atoms with E-state index in [2.05, 4.69) is 264 Å². The summed E-state index contributed by atoms with van der Waals surface area (Å²) in [5, 5.41) is 4.53. The van der Waals surface area contributed by atoms with Gasteiger partial charge in [-0.05, 0) is 116 Å². The second-order valence-corrected chi connectivity index (χ2v) is 19.5. The molecule has 0 spiro atoms. The minimum Gasteiger partial charge on any atom is -0.309 e. The first-order chi connectivity index (χ1) is 37.2. The van der Waals surface area contributed by atoms with Crippen LogP contribution in [0.4, 0.5) is 0 Å². The predicted molar refractivity (Wildman–Crippen MR) is 308 cm³/mol. The summed E-state index contributed by atoms with van der Waals surface area (Å²) in [6, 6.07) is 98.5. The molecule has 0 atom stereocenters. The predicted octanol–water partition coefficient (Wildman–Crippen LogP) is 17.1. The van der Waals surface area contributed by atoms with Gasteiger partial charge in [0.2, 0.25) is 5.95 Å². The van der Waals surface area contributed by atoms with Gasteiger partial charge in [0.15, 0.2) is 11.6 Å².